The molecule has 0 radical (unpaired) electrons. The Kier molecular flexibility index (Phi) is 5.63. The number of ether oxygens (including phenoxy) is 1. The summed E-state index contributed by atoms with van der Waals surface area (Å²) >= 11 is 0. The Balaban J connectivity index is 1.68. The molecule has 2 N–H and O–H groups in total. The first-order chi connectivity index (χ1) is 13.3. The molecule has 0 fully saturated rings. The Labute approximate surface area is 158 Å². The fraction of sp³-hybridized carbons (Fsp3) is 0.412. The van der Waals surface area contributed by atoms with Crippen LogP contribution >= 0.6 is 0 Å². The van der Waals surface area contributed by atoms with E-state index in [0.29, 0.717) is 12.0 Å². The lowest BCUT2D eigenvalue weighted by molar-refractivity contribution is -0.336. The topological polar surface area (TPSA) is 96.5 Å². The van der Waals surface area contributed by atoms with Gasteiger partial charge in [0.05, 0.1) is 12.1 Å². The van der Waals surface area contributed by atoms with Gasteiger partial charge in [-0.2, -0.15) is 0 Å². The molecule has 2 heterocycles. The van der Waals surface area contributed by atoms with Crippen LogP contribution in [0.1, 0.15) is 19.8 Å². The zero-order valence-corrected chi connectivity index (χ0v) is 14.9. The second-order valence-electron chi connectivity index (χ2n) is 6.17. The van der Waals surface area contributed by atoms with Gasteiger partial charge in [-0.1, -0.05) is 25.2 Å². The number of aromatic nitrogens is 2. The largest absolute Gasteiger partial charge is 0.523 e. The molecule has 0 spiro atoms. The summed E-state index contributed by atoms with van der Waals surface area (Å²) in [6.07, 6.45) is 1.96. The van der Waals surface area contributed by atoms with Crippen LogP contribution in [-0.4, -0.2) is 47.0 Å². The molecular weight excluding hydrogens is 379 g/mol. The van der Waals surface area contributed by atoms with Gasteiger partial charge >= 0.3 is 12.4 Å². The molecule has 2 atom stereocenters. The van der Waals surface area contributed by atoms with Crippen molar-refractivity contribution in [2.24, 2.45) is 0 Å². The number of anilines is 2. The molecule has 0 bridgehead atoms. The lowest BCUT2D eigenvalue weighted by Gasteiger charge is -2.30. The molecule has 28 heavy (non-hydrogen) atoms. The third-order valence-corrected chi connectivity index (χ3v) is 4.22. The number of alkyl halides is 3. The molecule has 2 aliphatic rings. The highest BCUT2D eigenvalue weighted by atomic mass is 19.4. The molecule has 1 aromatic heterocycles. The number of halogens is 3. The minimum Gasteiger partial charge on any atom is -0.331 e. The van der Waals surface area contributed by atoms with Crippen molar-refractivity contribution in [3.05, 3.63) is 36.2 Å². The standard InChI is InChI=1S/C17H18F3N5O3/c1-2-12(10-3-5-11(6-4-10)28-17(18,19)20)23-16(27)25-9-13(26)24-14-15(25)22-8-7-21-14/h3-5,7-8,11-12H,2,6,9H2,1H3,(H,23,27)(H,21,24,26). The van der Waals surface area contributed by atoms with E-state index in [1.165, 1.54) is 29.4 Å². The first-order valence-corrected chi connectivity index (χ1v) is 8.58. The second kappa shape index (κ2) is 7.97. The highest BCUT2D eigenvalue weighted by Gasteiger charge is 2.34. The number of fused-ring (bicyclic) bond motifs is 1. The van der Waals surface area contributed by atoms with E-state index in [9.17, 15) is 22.8 Å². The molecule has 3 rings (SSSR count). The smallest absolute Gasteiger partial charge is 0.331 e. The Bertz CT molecular complexity index is 825. The van der Waals surface area contributed by atoms with E-state index < -0.39 is 30.4 Å². The molecule has 8 nitrogen and oxygen atoms in total. The summed E-state index contributed by atoms with van der Waals surface area (Å²) in [4.78, 5) is 33.8. The summed E-state index contributed by atoms with van der Waals surface area (Å²) in [7, 11) is 0. The van der Waals surface area contributed by atoms with Gasteiger partial charge in [0.25, 0.3) is 0 Å². The summed E-state index contributed by atoms with van der Waals surface area (Å²) in [5, 5.41) is 5.32. The predicted molar refractivity (Wildman–Crippen MR) is 93.4 cm³/mol. The summed E-state index contributed by atoms with van der Waals surface area (Å²) in [6.45, 7) is 1.61. The second-order valence-corrected chi connectivity index (χ2v) is 6.17. The first-order valence-electron chi connectivity index (χ1n) is 8.58. The van der Waals surface area contributed by atoms with E-state index in [4.69, 9.17) is 0 Å². The van der Waals surface area contributed by atoms with Crippen LogP contribution < -0.4 is 15.5 Å². The molecule has 0 aromatic carbocycles. The van der Waals surface area contributed by atoms with Gasteiger partial charge in [-0.3, -0.25) is 14.4 Å². The monoisotopic (exact) mass is 397 g/mol. The van der Waals surface area contributed by atoms with Crippen molar-refractivity contribution in [1.29, 1.82) is 0 Å². The van der Waals surface area contributed by atoms with Gasteiger partial charge in [-0.05, 0) is 18.4 Å². The summed E-state index contributed by atoms with van der Waals surface area (Å²) in [5.74, 6) is 0.00671. The van der Waals surface area contributed by atoms with Crippen molar-refractivity contribution >= 4 is 23.6 Å². The van der Waals surface area contributed by atoms with Gasteiger partial charge in [0.2, 0.25) is 5.91 Å². The molecule has 11 heteroatoms. The van der Waals surface area contributed by atoms with Crippen molar-refractivity contribution < 1.29 is 27.5 Å². The van der Waals surface area contributed by atoms with Gasteiger partial charge in [0, 0.05) is 12.4 Å². The SMILES string of the molecule is CCC(NC(=O)N1CC(=O)Nc2nccnc21)C1=CCC(OC(F)(F)F)C=C1. The van der Waals surface area contributed by atoms with E-state index in [1.54, 1.807) is 6.08 Å². The van der Waals surface area contributed by atoms with Crippen molar-refractivity contribution in [3.8, 4) is 0 Å². The Morgan fingerprint density at radius 3 is 2.82 bits per heavy atom. The lowest BCUT2D eigenvalue weighted by Crippen LogP contribution is -2.50. The predicted octanol–water partition coefficient (Wildman–Crippen LogP) is 2.51. The summed E-state index contributed by atoms with van der Waals surface area (Å²) in [5.41, 5.74) is 0.665. The third kappa shape index (κ3) is 4.66. The third-order valence-electron chi connectivity index (χ3n) is 4.22. The van der Waals surface area contributed by atoms with Gasteiger partial charge in [0.15, 0.2) is 11.6 Å². The average Bonchev–Trinajstić information content (AvgIpc) is 2.64. The zero-order valence-electron chi connectivity index (χ0n) is 14.9. The number of nitrogens with zero attached hydrogens (tertiary/aromatic N) is 3. The van der Waals surface area contributed by atoms with E-state index in [0.717, 1.165) is 0 Å². The van der Waals surface area contributed by atoms with Gasteiger partial charge in [0.1, 0.15) is 6.54 Å². The van der Waals surface area contributed by atoms with Crippen LogP contribution in [0.4, 0.5) is 29.6 Å². The average molecular weight is 397 g/mol. The molecule has 3 amide bonds. The molecule has 1 aliphatic carbocycles. The summed E-state index contributed by atoms with van der Waals surface area (Å²) in [6, 6.07) is -0.993. The van der Waals surface area contributed by atoms with E-state index in [1.807, 2.05) is 6.92 Å². The number of rotatable bonds is 4. The number of amides is 3. The van der Waals surface area contributed by atoms with Crippen LogP contribution in [0.3, 0.4) is 0 Å². The van der Waals surface area contributed by atoms with E-state index in [-0.39, 0.29) is 24.6 Å². The quantitative estimate of drug-likeness (QED) is 0.814. The van der Waals surface area contributed by atoms with Crippen LogP contribution in [0.25, 0.3) is 0 Å². The summed E-state index contributed by atoms with van der Waals surface area (Å²) < 4.78 is 40.9. The molecule has 150 valence electrons. The fourth-order valence-electron chi connectivity index (χ4n) is 2.96. The van der Waals surface area contributed by atoms with E-state index >= 15 is 0 Å². The Morgan fingerprint density at radius 2 is 2.18 bits per heavy atom. The van der Waals surface area contributed by atoms with Crippen LogP contribution in [0, 0.1) is 0 Å². The van der Waals surface area contributed by atoms with Crippen molar-refractivity contribution in [2.75, 3.05) is 16.8 Å². The van der Waals surface area contributed by atoms with Gasteiger partial charge < -0.3 is 10.6 Å². The number of hydrogen-bond acceptors (Lipinski definition) is 5. The first kappa shape index (κ1) is 19.8. The molecule has 1 aromatic rings. The van der Waals surface area contributed by atoms with Crippen LogP contribution in [0.15, 0.2) is 36.2 Å². The minimum absolute atomic E-state index is 0.0398. The molecule has 2 unspecified atom stereocenters. The highest BCUT2D eigenvalue weighted by molar-refractivity contribution is 6.07. The maximum absolute atomic E-state index is 12.7. The van der Waals surface area contributed by atoms with Crippen molar-refractivity contribution in [2.45, 2.75) is 38.3 Å². The van der Waals surface area contributed by atoms with Gasteiger partial charge in [-0.25, -0.2) is 14.8 Å². The van der Waals surface area contributed by atoms with Crippen molar-refractivity contribution in [1.82, 2.24) is 15.3 Å². The van der Waals surface area contributed by atoms with Crippen molar-refractivity contribution in [3.63, 3.8) is 0 Å². The minimum atomic E-state index is -4.71. The fourth-order valence-corrected chi connectivity index (χ4v) is 2.96. The number of nitrogens with one attached hydrogen (secondary N) is 2. The Hall–Kier alpha value is -2.95. The number of urea groups is 1. The number of carbonyl (C=O) groups is 2. The maximum atomic E-state index is 12.7. The van der Waals surface area contributed by atoms with E-state index in [2.05, 4.69) is 25.3 Å². The molecule has 0 saturated carbocycles. The normalized spacial score (nSPS) is 20.1. The van der Waals surface area contributed by atoms with Crippen LogP contribution in [0.2, 0.25) is 0 Å². The zero-order chi connectivity index (χ0) is 20.3. The Morgan fingerprint density at radius 1 is 1.43 bits per heavy atom. The molecule has 0 saturated heterocycles. The van der Waals surface area contributed by atoms with Crippen LogP contribution in [0.5, 0.6) is 0 Å². The molecule has 1 aliphatic heterocycles. The number of hydrogen-bond donors (Lipinski definition) is 2. The maximum Gasteiger partial charge on any atom is 0.523 e. The molecular formula is C17H18F3N5O3. The highest BCUT2D eigenvalue weighted by Crippen LogP contribution is 2.26. The van der Waals surface area contributed by atoms with Crippen LogP contribution in [-0.2, 0) is 9.53 Å². The van der Waals surface area contributed by atoms with Gasteiger partial charge in [-0.15, -0.1) is 13.2 Å². The number of carbonyl (C=O) groups excluding carboxylic acids is 2. The lowest BCUT2D eigenvalue weighted by atomic mass is 9.97.